The first-order valence-corrected chi connectivity index (χ1v) is 14.5. The second-order valence-corrected chi connectivity index (χ2v) is 11.8. The van der Waals surface area contributed by atoms with Crippen LogP contribution in [0.4, 0.5) is 10.1 Å². The number of halogens is 3. The summed E-state index contributed by atoms with van der Waals surface area (Å²) in [7, 11) is 3.20. The standard InChI is InChI=1S/C29H27Cl2FN4O4S/c1-35-15-20(19-5-3-4-6-24(19)35)28(39)34-23-12-21(30)16(9-22(23)31)10-26(37)36-14-17(32)11-25(36)29-33-13-18(41-29)7-8-27(38)40-2/h3-6,9,12-13,15,17,25H,7-8,10-11,14H2,1-2H3,(H,34,39)/t17-,25-/m0/s1. The van der Waals surface area contributed by atoms with Crippen LogP contribution in [0.3, 0.4) is 0 Å². The van der Waals surface area contributed by atoms with Crippen LogP contribution in [0.15, 0.2) is 48.8 Å². The number of rotatable bonds is 8. The lowest BCUT2D eigenvalue weighted by Crippen LogP contribution is -2.32. The van der Waals surface area contributed by atoms with E-state index in [0.717, 1.165) is 15.8 Å². The summed E-state index contributed by atoms with van der Waals surface area (Å²) in [6.07, 6.45) is 2.94. The van der Waals surface area contributed by atoms with E-state index in [9.17, 15) is 18.8 Å². The fourth-order valence-electron chi connectivity index (χ4n) is 5.01. The molecule has 214 valence electrons. The monoisotopic (exact) mass is 616 g/mol. The summed E-state index contributed by atoms with van der Waals surface area (Å²) < 4.78 is 21.1. The molecule has 0 spiro atoms. The van der Waals surface area contributed by atoms with Crippen molar-refractivity contribution in [1.29, 1.82) is 0 Å². The Labute approximate surface area is 250 Å². The van der Waals surface area contributed by atoms with Crippen LogP contribution >= 0.6 is 34.5 Å². The number of para-hydroxylation sites is 1. The number of hydrogen-bond donors (Lipinski definition) is 1. The highest BCUT2D eigenvalue weighted by Crippen LogP contribution is 2.37. The molecule has 1 saturated heterocycles. The number of ether oxygens (including phenoxy) is 1. The van der Waals surface area contributed by atoms with E-state index >= 15 is 0 Å². The van der Waals surface area contributed by atoms with E-state index in [0.29, 0.717) is 28.2 Å². The number of esters is 1. The smallest absolute Gasteiger partial charge is 0.305 e. The van der Waals surface area contributed by atoms with Crippen molar-refractivity contribution in [1.82, 2.24) is 14.5 Å². The molecule has 2 aromatic heterocycles. The Morgan fingerprint density at radius 2 is 1.98 bits per heavy atom. The second kappa shape index (κ2) is 12.2. The van der Waals surface area contributed by atoms with Gasteiger partial charge < -0.3 is 19.5 Å². The third-order valence-corrected chi connectivity index (χ3v) is 8.92. The summed E-state index contributed by atoms with van der Waals surface area (Å²) in [5.41, 5.74) is 2.19. The van der Waals surface area contributed by atoms with Crippen molar-refractivity contribution < 1.29 is 23.5 Å². The summed E-state index contributed by atoms with van der Waals surface area (Å²) in [6.45, 7) is -0.0505. The molecule has 2 aromatic carbocycles. The van der Waals surface area contributed by atoms with Gasteiger partial charge in [-0.3, -0.25) is 14.4 Å². The van der Waals surface area contributed by atoms with E-state index in [2.05, 4.69) is 15.0 Å². The number of benzene rings is 2. The van der Waals surface area contributed by atoms with Gasteiger partial charge in [0, 0.05) is 46.7 Å². The molecule has 0 saturated carbocycles. The van der Waals surface area contributed by atoms with Gasteiger partial charge in [-0.2, -0.15) is 0 Å². The van der Waals surface area contributed by atoms with Gasteiger partial charge in [-0.25, -0.2) is 9.37 Å². The number of aryl methyl sites for hydroxylation is 2. The molecule has 1 aliphatic heterocycles. The average Bonchev–Trinajstić information content (AvgIpc) is 3.67. The van der Waals surface area contributed by atoms with Gasteiger partial charge in [0.05, 0.1) is 48.8 Å². The minimum atomic E-state index is -1.18. The molecule has 2 amide bonds. The number of carbonyl (C=O) groups excluding carboxylic acids is 3. The van der Waals surface area contributed by atoms with Gasteiger partial charge in [0.2, 0.25) is 5.91 Å². The largest absolute Gasteiger partial charge is 0.469 e. The molecular weight excluding hydrogens is 590 g/mol. The van der Waals surface area contributed by atoms with Crippen molar-refractivity contribution in [2.75, 3.05) is 19.0 Å². The van der Waals surface area contributed by atoms with Crippen LogP contribution in [-0.4, -0.2) is 52.1 Å². The molecule has 8 nitrogen and oxygen atoms in total. The predicted molar refractivity (Wildman–Crippen MR) is 157 cm³/mol. The topological polar surface area (TPSA) is 93.5 Å². The predicted octanol–water partition coefficient (Wildman–Crippen LogP) is 6.15. The minimum absolute atomic E-state index is 0.0505. The minimum Gasteiger partial charge on any atom is -0.469 e. The fourth-order valence-corrected chi connectivity index (χ4v) is 6.52. The quantitative estimate of drug-likeness (QED) is 0.240. The molecule has 0 unspecified atom stereocenters. The number of fused-ring (bicyclic) bond motifs is 1. The molecule has 0 aliphatic carbocycles. The molecule has 1 fully saturated rings. The zero-order valence-electron chi connectivity index (χ0n) is 22.3. The van der Waals surface area contributed by atoms with Crippen LogP contribution in [0.2, 0.25) is 10.0 Å². The summed E-state index contributed by atoms with van der Waals surface area (Å²) in [5.74, 6) is -0.977. The molecule has 2 atom stereocenters. The lowest BCUT2D eigenvalue weighted by Gasteiger charge is -2.23. The van der Waals surface area contributed by atoms with Crippen LogP contribution in [0.25, 0.3) is 10.9 Å². The van der Waals surface area contributed by atoms with Gasteiger partial charge in [-0.15, -0.1) is 11.3 Å². The number of alkyl halides is 1. The summed E-state index contributed by atoms with van der Waals surface area (Å²) in [5, 5.41) is 4.72. The Kier molecular flexibility index (Phi) is 8.63. The van der Waals surface area contributed by atoms with Crippen molar-refractivity contribution in [3.8, 4) is 0 Å². The average molecular weight is 618 g/mol. The van der Waals surface area contributed by atoms with Crippen LogP contribution in [0.1, 0.15) is 44.7 Å². The lowest BCUT2D eigenvalue weighted by atomic mass is 10.1. The van der Waals surface area contributed by atoms with Gasteiger partial charge in [0.15, 0.2) is 0 Å². The molecule has 0 radical (unpaired) electrons. The van der Waals surface area contributed by atoms with Crippen LogP contribution in [-0.2, 0) is 34.2 Å². The van der Waals surface area contributed by atoms with E-state index < -0.39 is 12.2 Å². The molecule has 1 aliphatic rings. The first-order valence-electron chi connectivity index (χ1n) is 12.9. The summed E-state index contributed by atoms with van der Waals surface area (Å²) in [4.78, 5) is 44.6. The summed E-state index contributed by atoms with van der Waals surface area (Å²) in [6, 6.07) is 10.1. The van der Waals surface area contributed by atoms with Crippen molar-refractivity contribution >= 4 is 68.9 Å². The Morgan fingerprint density at radius 1 is 1.20 bits per heavy atom. The first-order chi connectivity index (χ1) is 19.6. The van der Waals surface area contributed by atoms with Gasteiger partial charge >= 0.3 is 5.97 Å². The van der Waals surface area contributed by atoms with E-state index in [1.807, 2.05) is 35.9 Å². The Hall–Kier alpha value is -3.47. The third-order valence-electron chi connectivity index (χ3n) is 7.10. The third kappa shape index (κ3) is 6.24. The Morgan fingerprint density at radius 3 is 2.76 bits per heavy atom. The molecule has 3 heterocycles. The van der Waals surface area contributed by atoms with Crippen molar-refractivity contribution in [2.24, 2.45) is 7.05 Å². The van der Waals surface area contributed by atoms with Gasteiger partial charge in [-0.1, -0.05) is 41.4 Å². The number of likely N-dealkylation sites (tertiary alicyclic amines) is 1. The number of nitrogens with zero attached hydrogens (tertiary/aromatic N) is 3. The number of hydrogen-bond acceptors (Lipinski definition) is 6. The highest BCUT2D eigenvalue weighted by molar-refractivity contribution is 7.11. The molecule has 4 aromatic rings. The number of aromatic nitrogens is 2. The van der Waals surface area contributed by atoms with Gasteiger partial charge in [0.1, 0.15) is 11.2 Å². The van der Waals surface area contributed by atoms with Crippen molar-refractivity contribution in [2.45, 2.75) is 37.9 Å². The number of anilines is 1. The number of carbonyl (C=O) groups is 3. The number of methoxy groups -OCH3 is 1. The Balaban J connectivity index is 1.29. The van der Waals surface area contributed by atoms with E-state index in [1.54, 1.807) is 18.5 Å². The summed E-state index contributed by atoms with van der Waals surface area (Å²) >= 11 is 14.4. The molecule has 5 rings (SSSR count). The lowest BCUT2D eigenvalue weighted by molar-refractivity contribution is -0.140. The molecule has 41 heavy (non-hydrogen) atoms. The first kappa shape index (κ1) is 29.0. The Bertz CT molecular complexity index is 1640. The number of amides is 2. The van der Waals surface area contributed by atoms with Gasteiger partial charge in [-0.05, 0) is 30.2 Å². The maximum absolute atomic E-state index is 14.5. The molecule has 12 heteroatoms. The van der Waals surface area contributed by atoms with Crippen LogP contribution in [0.5, 0.6) is 0 Å². The van der Waals surface area contributed by atoms with E-state index in [1.165, 1.54) is 29.4 Å². The van der Waals surface area contributed by atoms with Crippen LogP contribution < -0.4 is 5.32 Å². The molecule has 1 N–H and O–H groups in total. The van der Waals surface area contributed by atoms with Crippen molar-refractivity contribution in [3.05, 3.63) is 79.8 Å². The highest BCUT2D eigenvalue weighted by atomic mass is 35.5. The zero-order valence-corrected chi connectivity index (χ0v) is 24.7. The zero-order chi connectivity index (χ0) is 29.3. The SMILES string of the molecule is COC(=O)CCc1cnc([C@@H]2C[C@H](F)CN2C(=O)Cc2cc(Cl)c(NC(=O)c3cn(C)c4ccccc34)cc2Cl)s1. The molecule has 0 bridgehead atoms. The normalized spacial score (nSPS) is 16.8. The number of thiazole rings is 1. The van der Waals surface area contributed by atoms with Crippen molar-refractivity contribution in [3.63, 3.8) is 0 Å². The van der Waals surface area contributed by atoms with Crippen LogP contribution in [0, 0.1) is 0 Å². The fraction of sp³-hybridized carbons (Fsp3) is 0.310. The number of nitrogens with one attached hydrogen (secondary N) is 1. The van der Waals surface area contributed by atoms with E-state index in [-0.39, 0.29) is 53.6 Å². The second-order valence-electron chi connectivity index (χ2n) is 9.86. The maximum Gasteiger partial charge on any atom is 0.305 e. The highest BCUT2D eigenvalue weighted by Gasteiger charge is 2.38. The van der Waals surface area contributed by atoms with E-state index in [4.69, 9.17) is 23.2 Å². The van der Waals surface area contributed by atoms with Gasteiger partial charge in [0.25, 0.3) is 5.91 Å². The molecular formula is C29H27Cl2FN4O4S. The maximum atomic E-state index is 14.5.